The van der Waals surface area contributed by atoms with E-state index in [1.54, 1.807) is 11.3 Å². The Balaban J connectivity index is 2.34. The van der Waals surface area contributed by atoms with Gasteiger partial charge in [0.15, 0.2) is 0 Å². The van der Waals surface area contributed by atoms with Crippen molar-refractivity contribution in [1.82, 2.24) is 5.32 Å². The molecule has 80 valence electrons. The van der Waals surface area contributed by atoms with Gasteiger partial charge in [-0.25, -0.2) is 0 Å². The number of hydrogen-bond donors (Lipinski definition) is 1. The Bertz CT molecular complexity index is 270. The van der Waals surface area contributed by atoms with Gasteiger partial charge in [-0.3, -0.25) is 0 Å². The summed E-state index contributed by atoms with van der Waals surface area (Å²) in [4.78, 5) is 1.31. The van der Waals surface area contributed by atoms with Gasteiger partial charge < -0.3 is 5.32 Å². The minimum atomic E-state index is 0.566. The van der Waals surface area contributed by atoms with Crippen LogP contribution in [0.1, 0.15) is 25.6 Å². The van der Waals surface area contributed by atoms with Crippen molar-refractivity contribution in [1.29, 1.82) is 0 Å². The van der Waals surface area contributed by atoms with Crippen LogP contribution in [0.3, 0.4) is 0 Å². The molecule has 1 aromatic heterocycles. The van der Waals surface area contributed by atoms with Crippen LogP contribution in [0.2, 0.25) is 5.02 Å². The highest BCUT2D eigenvalue weighted by Gasteiger charge is 2.08. The summed E-state index contributed by atoms with van der Waals surface area (Å²) in [5.74, 6) is 0.647. The van der Waals surface area contributed by atoms with Gasteiger partial charge in [-0.05, 0) is 30.3 Å². The molecule has 0 aliphatic carbocycles. The van der Waals surface area contributed by atoms with Gasteiger partial charge in [-0.2, -0.15) is 0 Å². The molecular formula is C11H18ClNS. The normalized spacial score (nSPS) is 13.5. The summed E-state index contributed by atoms with van der Waals surface area (Å²) in [5, 5.41) is 6.42. The highest BCUT2D eigenvalue weighted by molar-refractivity contribution is 7.10. The standard InChI is InChI=1S/C11H18ClNS/c1-8(2)13-7-9(3)6-11-10(12)4-5-14-11/h4-5,8-9,13H,6-7H2,1-3H3. The number of hydrogen-bond acceptors (Lipinski definition) is 2. The Morgan fingerprint density at radius 2 is 2.14 bits per heavy atom. The van der Waals surface area contributed by atoms with Crippen molar-refractivity contribution in [3.63, 3.8) is 0 Å². The van der Waals surface area contributed by atoms with Crippen LogP contribution in [0.5, 0.6) is 0 Å². The Morgan fingerprint density at radius 3 is 2.64 bits per heavy atom. The Morgan fingerprint density at radius 1 is 1.43 bits per heavy atom. The summed E-state index contributed by atoms with van der Waals surface area (Å²) in [6.45, 7) is 7.66. The van der Waals surface area contributed by atoms with E-state index in [0.717, 1.165) is 18.0 Å². The molecule has 14 heavy (non-hydrogen) atoms. The van der Waals surface area contributed by atoms with Crippen molar-refractivity contribution in [3.8, 4) is 0 Å². The third-order valence-corrected chi connectivity index (χ3v) is 3.51. The summed E-state index contributed by atoms with van der Waals surface area (Å²) in [7, 11) is 0. The predicted octanol–water partition coefficient (Wildman–Crippen LogP) is 3.58. The smallest absolute Gasteiger partial charge is 0.0545 e. The first-order chi connectivity index (χ1) is 6.59. The van der Waals surface area contributed by atoms with E-state index in [2.05, 4.69) is 31.5 Å². The minimum Gasteiger partial charge on any atom is -0.314 e. The molecule has 1 N–H and O–H groups in total. The lowest BCUT2D eigenvalue weighted by Gasteiger charge is -2.14. The molecule has 0 spiro atoms. The maximum absolute atomic E-state index is 6.04. The van der Waals surface area contributed by atoms with Crippen molar-refractivity contribution in [3.05, 3.63) is 21.3 Å². The topological polar surface area (TPSA) is 12.0 Å². The number of thiophene rings is 1. The van der Waals surface area contributed by atoms with Crippen molar-refractivity contribution in [2.45, 2.75) is 33.2 Å². The van der Waals surface area contributed by atoms with Gasteiger partial charge in [0.05, 0.1) is 5.02 Å². The number of nitrogens with one attached hydrogen (secondary N) is 1. The molecule has 0 bridgehead atoms. The third-order valence-electron chi connectivity index (χ3n) is 2.10. The summed E-state index contributed by atoms with van der Waals surface area (Å²) >= 11 is 7.79. The molecule has 3 heteroatoms. The van der Waals surface area contributed by atoms with E-state index in [1.807, 2.05) is 6.07 Å². The van der Waals surface area contributed by atoms with E-state index in [-0.39, 0.29) is 0 Å². The Hall–Kier alpha value is -0.0500. The molecule has 0 aliphatic heterocycles. The van der Waals surface area contributed by atoms with Gasteiger partial charge in [0, 0.05) is 10.9 Å². The molecule has 1 heterocycles. The van der Waals surface area contributed by atoms with Gasteiger partial charge in [0.2, 0.25) is 0 Å². The molecule has 0 aromatic carbocycles. The first-order valence-electron chi connectivity index (χ1n) is 5.05. The van der Waals surface area contributed by atoms with Crippen LogP contribution in [-0.2, 0) is 6.42 Å². The molecule has 1 unspecified atom stereocenters. The van der Waals surface area contributed by atoms with Crippen molar-refractivity contribution in [2.24, 2.45) is 5.92 Å². The second-order valence-corrected chi connectivity index (χ2v) is 5.47. The molecule has 0 amide bonds. The summed E-state index contributed by atoms with van der Waals surface area (Å²) in [5.41, 5.74) is 0. The molecule has 0 saturated heterocycles. The fourth-order valence-electron chi connectivity index (χ4n) is 1.30. The van der Waals surface area contributed by atoms with Gasteiger partial charge in [-0.1, -0.05) is 32.4 Å². The molecule has 1 nitrogen and oxygen atoms in total. The third kappa shape index (κ3) is 3.99. The summed E-state index contributed by atoms with van der Waals surface area (Å²) in [6, 6.07) is 2.54. The maximum Gasteiger partial charge on any atom is 0.0545 e. The van der Waals surface area contributed by atoms with Crippen LogP contribution >= 0.6 is 22.9 Å². The first kappa shape index (κ1) is 12.0. The zero-order chi connectivity index (χ0) is 10.6. The highest BCUT2D eigenvalue weighted by Crippen LogP contribution is 2.24. The van der Waals surface area contributed by atoms with Gasteiger partial charge in [0.25, 0.3) is 0 Å². The largest absolute Gasteiger partial charge is 0.314 e. The Labute approximate surface area is 95.5 Å². The predicted molar refractivity (Wildman–Crippen MR) is 65.3 cm³/mol. The minimum absolute atomic E-state index is 0.566. The van der Waals surface area contributed by atoms with E-state index in [4.69, 9.17) is 11.6 Å². The second-order valence-electron chi connectivity index (χ2n) is 4.06. The van der Waals surface area contributed by atoms with Crippen LogP contribution in [-0.4, -0.2) is 12.6 Å². The van der Waals surface area contributed by atoms with Gasteiger partial charge in [0.1, 0.15) is 0 Å². The quantitative estimate of drug-likeness (QED) is 0.817. The van der Waals surface area contributed by atoms with Crippen molar-refractivity contribution < 1.29 is 0 Å². The summed E-state index contributed by atoms with van der Waals surface area (Å²) in [6.07, 6.45) is 1.08. The molecule has 1 aromatic rings. The fraction of sp³-hybridized carbons (Fsp3) is 0.636. The van der Waals surface area contributed by atoms with Crippen LogP contribution in [0.4, 0.5) is 0 Å². The average molecular weight is 232 g/mol. The zero-order valence-corrected chi connectivity index (χ0v) is 10.6. The summed E-state index contributed by atoms with van der Waals surface area (Å²) < 4.78 is 0. The lowest BCUT2D eigenvalue weighted by molar-refractivity contribution is 0.478. The number of halogens is 1. The van der Waals surface area contributed by atoms with Gasteiger partial charge in [-0.15, -0.1) is 11.3 Å². The molecule has 1 atom stereocenters. The lowest BCUT2D eigenvalue weighted by Crippen LogP contribution is -2.28. The van der Waals surface area contributed by atoms with Gasteiger partial charge >= 0.3 is 0 Å². The van der Waals surface area contributed by atoms with Crippen LogP contribution in [0.15, 0.2) is 11.4 Å². The monoisotopic (exact) mass is 231 g/mol. The highest BCUT2D eigenvalue weighted by atomic mass is 35.5. The van der Waals surface area contributed by atoms with Crippen LogP contribution in [0, 0.1) is 5.92 Å². The Kier molecular flexibility index (Phi) is 4.93. The molecule has 0 fully saturated rings. The van der Waals surface area contributed by atoms with Crippen LogP contribution in [0.25, 0.3) is 0 Å². The second kappa shape index (κ2) is 5.74. The van der Waals surface area contributed by atoms with Crippen molar-refractivity contribution >= 4 is 22.9 Å². The van der Waals surface area contributed by atoms with Crippen LogP contribution < -0.4 is 5.32 Å². The molecule has 1 rings (SSSR count). The van der Waals surface area contributed by atoms with Crippen molar-refractivity contribution in [2.75, 3.05) is 6.54 Å². The van der Waals surface area contributed by atoms with E-state index in [1.165, 1.54) is 4.88 Å². The molecular weight excluding hydrogens is 214 g/mol. The maximum atomic E-state index is 6.04. The van der Waals surface area contributed by atoms with E-state index < -0.39 is 0 Å². The lowest BCUT2D eigenvalue weighted by atomic mass is 10.1. The van der Waals surface area contributed by atoms with E-state index in [9.17, 15) is 0 Å². The SMILES string of the molecule is CC(CNC(C)C)Cc1sccc1Cl. The first-order valence-corrected chi connectivity index (χ1v) is 6.30. The van der Waals surface area contributed by atoms with E-state index >= 15 is 0 Å². The number of rotatable bonds is 5. The average Bonchev–Trinajstić information content (AvgIpc) is 2.49. The zero-order valence-electron chi connectivity index (χ0n) is 9.01. The molecule has 0 aliphatic rings. The van der Waals surface area contributed by atoms with E-state index in [0.29, 0.717) is 12.0 Å². The molecule has 0 saturated carbocycles. The fourth-order valence-corrected chi connectivity index (χ4v) is 2.57. The molecule has 0 radical (unpaired) electrons.